The molecule has 0 aliphatic heterocycles. The minimum atomic E-state index is 0.00644. The van der Waals surface area contributed by atoms with Gasteiger partial charge in [-0.15, -0.1) is 0 Å². The maximum Gasteiger partial charge on any atom is 0.198 e. The van der Waals surface area contributed by atoms with Crippen LogP contribution in [0.1, 0.15) is 22.9 Å². The molecule has 0 fully saturated rings. The monoisotopic (exact) mass is 286 g/mol. The summed E-state index contributed by atoms with van der Waals surface area (Å²) in [5.74, 6) is 0. The van der Waals surface area contributed by atoms with Gasteiger partial charge in [-0.05, 0) is 55.4 Å². The van der Waals surface area contributed by atoms with Crippen molar-refractivity contribution in [1.82, 2.24) is 10.3 Å². The molecule has 3 aromatic rings. The number of rotatable bonds is 3. The van der Waals surface area contributed by atoms with E-state index in [1.807, 2.05) is 32.2 Å². The topological polar surface area (TPSA) is 38.1 Å². The molecule has 102 valence electrons. The molecule has 20 heavy (non-hydrogen) atoms. The van der Waals surface area contributed by atoms with E-state index in [9.17, 15) is 0 Å². The van der Waals surface area contributed by atoms with Gasteiger partial charge < -0.3 is 9.73 Å². The Morgan fingerprint density at radius 1 is 1.20 bits per heavy atom. The van der Waals surface area contributed by atoms with Crippen LogP contribution >= 0.6 is 11.6 Å². The smallest absolute Gasteiger partial charge is 0.198 e. The van der Waals surface area contributed by atoms with Crippen molar-refractivity contribution in [2.24, 2.45) is 0 Å². The van der Waals surface area contributed by atoms with E-state index >= 15 is 0 Å². The number of halogens is 1. The first-order valence-corrected chi connectivity index (χ1v) is 6.84. The van der Waals surface area contributed by atoms with E-state index in [0.717, 1.165) is 27.7 Å². The third-order valence-electron chi connectivity index (χ3n) is 3.43. The van der Waals surface area contributed by atoms with Crippen molar-refractivity contribution in [2.75, 3.05) is 7.05 Å². The molecular formula is C16H15ClN2O. The standard InChI is InChI=1S/C16H15ClN2O/c1-10-3-4-11-9-12(5-6-14(11)19-10)15(18-2)13-7-8-20-16(13)17/h3-9,15,18H,1-2H3. The van der Waals surface area contributed by atoms with E-state index in [1.165, 1.54) is 0 Å². The van der Waals surface area contributed by atoms with Gasteiger partial charge in [0, 0.05) is 16.6 Å². The van der Waals surface area contributed by atoms with Gasteiger partial charge in [0.1, 0.15) is 0 Å². The van der Waals surface area contributed by atoms with Crippen LogP contribution in [-0.4, -0.2) is 12.0 Å². The van der Waals surface area contributed by atoms with Gasteiger partial charge in [-0.25, -0.2) is 0 Å². The lowest BCUT2D eigenvalue weighted by atomic mass is 9.99. The van der Waals surface area contributed by atoms with Crippen LogP contribution in [0.5, 0.6) is 0 Å². The highest BCUT2D eigenvalue weighted by molar-refractivity contribution is 6.29. The minimum Gasteiger partial charge on any atom is -0.453 e. The predicted octanol–water partition coefficient (Wildman–Crippen LogP) is 4.10. The van der Waals surface area contributed by atoms with Gasteiger partial charge in [0.25, 0.3) is 0 Å². The van der Waals surface area contributed by atoms with Crippen molar-refractivity contribution < 1.29 is 4.42 Å². The molecule has 0 amide bonds. The summed E-state index contributed by atoms with van der Waals surface area (Å²) in [5, 5.41) is 4.81. The normalized spacial score (nSPS) is 12.8. The molecule has 1 N–H and O–H groups in total. The highest BCUT2D eigenvalue weighted by atomic mass is 35.5. The average molecular weight is 287 g/mol. The number of furan rings is 1. The van der Waals surface area contributed by atoms with E-state index in [0.29, 0.717) is 5.22 Å². The molecule has 0 aliphatic carbocycles. The summed E-state index contributed by atoms with van der Waals surface area (Å²) in [7, 11) is 1.91. The lowest BCUT2D eigenvalue weighted by molar-refractivity contribution is 0.559. The summed E-state index contributed by atoms with van der Waals surface area (Å²) >= 11 is 6.08. The first kappa shape index (κ1) is 13.2. The Labute approximate surface area is 122 Å². The number of fused-ring (bicyclic) bond motifs is 1. The van der Waals surface area contributed by atoms with Crippen LogP contribution in [0.4, 0.5) is 0 Å². The van der Waals surface area contributed by atoms with Gasteiger partial charge in [-0.2, -0.15) is 0 Å². The quantitative estimate of drug-likeness (QED) is 0.788. The van der Waals surface area contributed by atoms with Crippen LogP contribution in [0.3, 0.4) is 0 Å². The van der Waals surface area contributed by atoms with Crippen molar-refractivity contribution in [3.8, 4) is 0 Å². The van der Waals surface area contributed by atoms with Crippen molar-refractivity contribution in [3.63, 3.8) is 0 Å². The zero-order chi connectivity index (χ0) is 14.1. The van der Waals surface area contributed by atoms with E-state index in [2.05, 4.69) is 28.5 Å². The Morgan fingerprint density at radius 3 is 2.75 bits per heavy atom. The molecule has 1 atom stereocenters. The highest BCUT2D eigenvalue weighted by Crippen LogP contribution is 2.30. The fourth-order valence-electron chi connectivity index (χ4n) is 2.44. The van der Waals surface area contributed by atoms with Gasteiger partial charge in [0.05, 0.1) is 17.8 Å². The Bertz CT molecular complexity index is 751. The van der Waals surface area contributed by atoms with Gasteiger partial charge in [0.2, 0.25) is 0 Å². The Hall–Kier alpha value is -1.84. The van der Waals surface area contributed by atoms with Crippen LogP contribution in [0.15, 0.2) is 47.1 Å². The number of hydrogen-bond acceptors (Lipinski definition) is 3. The molecule has 0 radical (unpaired) electrons. The van der Waals surface area contributed by atoms with Crippen LogP contribution in [0.25, 0.3) is 10.9 Å². The molecule has 3 rings (SSSR count). The zero-order valence-corrected chi connectivity index (χ0v) is 12.1. The van der Waals surface area contributed by atoms with Crippen LogP contribution < -0.4 is 5.32 Å². The Kier molecular flexibility index (Phi) is 3.47. The summed E-state index contributed by atoms with van der Waals surface area (Å²) in [5.41, 5.74) is 4.10. The summed E-state index contributed by atoms with van der Waals surface area (Å²) < 4.78 is 5.19. The first-order chi connectivity index (χ1) is 9.69. The van der Waals surface area contributed by atoms with Gasteiger partial charge in [-0.3, -0.25) is 4.98 Å². The van der Waals surface area contributed by atoms with Gasteiger partial charge >= 0.3 is 0 Å². The number of nitrogens with zero attached hydrogens (tertiary/aromatic N) is 1. The first-order valence-electron chi connectivity index (χ1n) is 6.46. The van der Waals surface area contributed by atoms with Crippen molar-refractivity contribution in [2.45, 2.75) is 13.0 Å². The number of pyridine rings is 1. The third-order valence-corrected chi connectivity index (χ3v) is 3.74. The molecule has 0 bridgehead atoms. The second kappa shape index (κ2) is 5.27. The van der Waals surface area contributed by atoms with E-state index < -0.39 is 0 Å². The largest absolute Gasteiger partial charge is 0.453 e. The number of benzene rings is 1. The summed E-state index contributed by atoms with van der Waals surface area (Å²) in [6.45, 7) is 2.00. The third kappa shape index (κ3) is 2.30. The molecule has 1 unspecified atom stereocenters. The number of aryl methyl sites for hydroxylation is 1. The van der Waals surface area contributed by atoms with Crippen molar-refractivity contribution >= 4 is 22.5 Å². The zero-order valence-electron chi connectivity index (χ0n) is 11.4. The minimum absolute atomic E-state index is 0.00644. The number of nitrogens with one attached hydrogen (secondary N) is 1. The lowest BCUT2D eigenvalue weighted by Gasteiger charge is -2.16. The van der Waals surface area contributed by atoms with Crippen LogP contribution in [0, 0.1) is 6.92 Å². The van der Waals surface area contributed by atoms with Crippen LogP contribution in [0.2, 0.25) is 5.22 Å². The lowest BCUT2D eigenvalue weighted by Crippen LogP contribution is -2.17. The van der Waals surface area contributed by atoms with Gasteiger partial charge in [-0.1, -0.05) is 12.1 Å². The summed E-state index contributed by atoms with van der Waals surface area (Å²) in [4.78, 5) is 4.52. The predicted molar refractivity (Wildman–Crippen MR) is 81.1 cm³/mol. The second-order valence-corrected chi connectivity index (χ2v) is 5.12. The van der Waals surface area contributed by atoms with E-state index in [1.54, 1.807) is 6.26 Å². The molecule has 3 nitrogen and oxygen atoms in total. The highest BCUT2D eigenvalue weighted by Gasteiger charge is 2.17. The maximum absolute atomic E-state index is 6.08. The molecule has 0 saturated heterocycles. The molecule has 0 aliphatic rings. The second-order valence-electron chi connectivity index (χ2n) is 4.78. The Morgan fingerprint density at radius 2 is 2.05 bits per heavy atom. The molecule has 0 saturated carbocycles. The summed E-state index contributed by atoms with van der Waals surface area (Å²) in [6.07, 6.45) is 1.61. The molecular weight excluding hydrogens is 272 g/mol. The molecule has 4 heteroatoms. The summed E-state index contributed by atoms with van der Waals surface area (Å²) in [6, 6.07) is 12.2. The number of hydrogen-bond donors (Lipinski definition) is 1. The molecule has 0 spiro atoms. The molecule has 2 heterocycles. The van der Waals surface area contributed by atoms with E-state index in [-0.39, 0.29) is 6.04 Å². The average Bonchev–Trinajstić information content (AvgIpc) is 2.86. The SMILES string of the molecule is CNC(c1ccc2nc(C)ccc2c1)c1ccoc1Cl. The molecule has 2 aromatic heterocycles. The fourth-order valence-corrected chi connectivity index (χ4v) is 2.66. The Balaban J connectivity index is 2.08. The van der Waals surface area contributed by atoms with Crippen molar-refractivity contribution in [1.29, 1.82) is 0 Å². The fraction of sp³-hybridized carbons (Fsp3) is 0.188. The maximum atomic E-state index is 6.08. The number of aromatic nitrogens is 1. The molecule has 1 aromatic carbocycles. The van der Waals surface area contributed by atoms with Crippen LogP contribution in [-0.2, 0) is 0 Å². The van der Waals surface area contributed by atoms with E-state index in [4.69, 9.17) is 16.0 Å². The van der Waals surface area contributed by atoms with Crippen molar-refractivity contribution in [3.05, 3.63) is 64.7 Å². The van der Waals surface area contributed by atoms with Gasteiger partial charge in [0.15, 0.2) is 5.22 Å².